The Morgan fingerprint density at radius 2 is 1.97 bits per heavy atom. The van der Waals surface area contributed by atoms with E-state index in [2.05, 4.69) is 0 Å². The van der Waals surface area contributed by atoms with E-state index in [1.54, 1.807) is 38.2 Å². The largest absolute Gasteiger partial charge is 0.457 e. The molecular weight excluding hydrogens is 500 g/mol. The maximum absolute atomic E-state index is 12.8. The van der Waals surface area contributed by atoms with Crippen molar-refractivity contribution in [3.05, 3.63) is 36.0 Å². The van der Waals surface area contributed by atoms with Gasteiger partial charge in [0.25, 0.3) is 0 Å². The lowest BCUT2D eigenvalue weighted by Gasteiger charge is -2.32. The van der Waals surface area contributed by atoms with Crippen LogP contribution in [0.2, 0.25) is 0 Å². The third-order valence-electron chi connectivity index (χ3n) is 7.93. The molecule has 39 heavy (non-hydrogen) atoms. The summed E-state index contributed by atoms with van der Waals surface area (Å²) in [5, 5.41) is 32.0. The van der Waals surface area contributed by atoms with Gasteiger partial charge in [-0.2, -0.15) is 0 Å². The van der Waals surface area contributed by atoms with Gasteiger partial charge in [0.2, 0.25) is 0 Å². The molecule has 222 valence electrons. The molecule has 2 rings (SSSR count). The van der Waals surface area contributed by atoms with E-state index in [4.69, 9.17) is 14.2 Å². The molecule has 0 aromatic rings. The van der Waals surface area contributed by atoms with Crippen LogP contribution in [0.1, 0.15) is 87.5 Å². The summed E-state index contributed by atoms with van der Waals surface area (Å²) in [4.78, 5) is 24.5. The van der Waals surface area contributed by atoms with Crippen LogP contribution in [0.5, 0.6) is 0 Å². The molecule has 3 N–H and O–H groups in total. The van der Waals surface area contributed by atoms with E-state index in [0.717, 1.165) is 5.57 Å². The second kappa shape index (κ2) is 14.1. The van der Waals surface area contributed by atoms with Crippen molar-refractivity contribution in [2.45, 2.75) is 129 Å². The van der Waals surface area contributed by atoms with Crippen LogP contribution in [0.25, 0.3) is 0 Å². The van der Waals surface area contributed by atoms with Gasteiger partial charge in [-0.1, -0.05) is 52.0 Å². The Labute approximate surface area is 234 Å². The molecule has 0 radical (unpaired) electrons. The van der Waals surface area contributed by atoms with Crippen molar-refractivity contribution in [1.82, 2.24) is 0 Å². The topological polar surface area (TPSA) is 126 Å². The molecule has 0 saturated carbocycles. The van der Waals surface area contributed by atoms with Crippen molar-refractivity contribution in [1.29, 1.82) is 0 Å². The lowest BCUT2D eigenvalue weighted by molar-refractivity contribution is -0.156. The first kappa shape index (κ1) is 33.2. The molecule has 0 aromatic carbocycles. The Hall–Kier alpha value is -2.00. The Balaban J connectivity index is 2.18. The van der Waals surface area contributed by atoms with Gasteiger partial charge in [-0.3, -0.25) is 9.59 Å². The lowest BCUT2D eigenvalue weighted by Crippen LogP contribution is -2.41. The first-order chi connectivity index (χ1) is 18.1. The molecule has 1 fully saturated rings. The maximum Gasteiger partial charge on any atom is 0.306 e. The molecule has 10 atom stereocenters. The lowest BCUT2D eigenvalue weighted by atomic mass is 9.87. The van der Waals surface area contributed by atoms with Crippen molar-refractivity contribution < 1.29 is 39.1 Å². The average molecular weight is 551 g/mol. The molecule has 2 aliphatic heterocycles. The van der Waals surface area contributed by atoms with Gasteiger partial charge in [-0.05, 0) is 57.6 Å². The highest BCUT2D eigenvalue weighted by molar-refractivity contribution is 5.70. The zero-order chi connectivity index (χ0) is 29.5. The summed E-state index contributed by atoms with van der Waals surface area (Å²) in [6.45, 7) is 14.3. The third kappa shape index (κ3) is 10.5. The number of aliphatic hydroxyl groups excluding tert-OH is 1. The minimum atomic E-state index is -1.27. The van der Waals surface area contributed by atoms with Crippen molar-refractivity contribution in [2.24, 2.45) is 17.8 Å². The van der Waals surface area contributed by atoms with Crippen LogP contribution in [0.15, 0.2) is 36.0 Å². The molecule has 0 spiro atoms. The number of allylic oxidation sites excluding steroid dienone is 2. The van der Waals surface area contributed by atoms with Gasteiger partial charge in [0.05, 0.1) is 23.9 Å². The predicted molar refractivity (Wildman–Crippen MR) is 150 cm³/mol. The Morgan fingerprint density at radius 1 is 1.31 bits per heavy atom. The average Bonchev–Trinajstić information content (AvgIpc) is 3.59. The first-order valence-corrected chi connectivity index (χ1v) is 14.3. The second-order valence-electron chi connectivity index (χ2n) is 12.2. The fourth-order valence-corrected chi connectivity index (χ4v) is 5.15. The molecule has 0 bridgehead atoms. The summed E-state index contributed by atoms with van der Waals surface area (Å²) >= 11 is 0. The van der Waals surface area contributed by atoms with Crippen LogP contribution in [0.3, 0.4) is 0 Å². The normalized spacial score (nSPS) is 36.6. The van der Waals surface area contributed by atoms with Gasteiger partial charge in [0.1, 0.15) is 17.8 Å². The Morgan fingerprint density at radius 3 is 2.59 bits per heavy atom. The van der Waals surface area contributed by atoms with Crippen molar-refractivity contribution in [3.8, 4) is 0 Å². The monoisotopic (exact) mass is 550 g/mol. The summed E-state index contributed by atoms with van der Waals surface area (Å²) in [7, 11) is 0. The smallest absolute Gasteiger partial charge is 0.306 e. The molecule has 8 heteroatoms. The van der Waals surface area contributed by atoms with Crippen molar-refractivity contribution in [3.63, 3.8) is 0 Å². The zero-order valence-corrected chi connectivity index (χ0v) is 24.9. The number of rotatable bonds is 9. The number of esters is 2. The summed E-state index contributed by atoms with van der Waals surface area (Å²) in [6, 6.07) is 0. The summed E-state index contributed by atoms with van der Waals surface area (Å²) < 4.78 is 17.1. The zero-order valence-electron chi connectivity index (χ0n) is 24.9. The molecule has 2 aliphatic rings. The van der Waals surface area contributed by atoms with Gasteiger partial charge < -0.3 is 29.5 Å². The quantitative estimate of drug-likeness (QED) is 0.167. The second-order valence-corrected chi connectivity index (χ2v) is 12.2. The molecule has 10 unspecified atom stereocenters. The number of aliphatic hydroxyl groups is 3. The van der Waals surface area contributed by atoms with Crippen LogP contribution in [-0.2, 0) is 23.8 Å². The number of hydrogen-bond donors (Lipinski definition) is 3. The fourth-order valence-electron chi connectivity index (χ4n) is 5.15. The van der Waals surface area contributed by atoms with Gasteiger partial charge in [0.15, 0.2) is 0 Å². The Bertz CT molecular complexity index is 918. The summed E-state index contributed by atoms with van der Waals surface area (Å²) in [5.41, 5.74) is -1.60. The SMILES string of the molecule is CCC(O)C(C)C1OC1CC(C)(O)/C=C/C=C(\C)C1OC(=O)CC(C)CCC(C)(O)C(OC(C)=O)/C=C/C1C. The third-order valence-corrected chi connectivity index (χ3v) is 7.93. The minimum Gasteiger partial charge on any atom is -0.457 e. The number of cyclic esters (lactones) is 1. The standard InChI is InChI=1S/C31H50O8/c1-9-24(33)22(5)29-25(38-29)18-30(7,35)15-10-11-20(3)28-21(4)12-13-26(37-23(6)32)31(8,36)16-14-19(2)17-27(34)39-28/h10-13,15,19,21-22,24-26,28-29,33,35-36H,9,14,16-18H2,1-8H3/b13-12+,15-10+,20-11+. The molecule has 0 aromatic heterocycles. The van der Waals surface area contributed by atoms with E-state index in [9.17, 15) is 24.9 Å². The number of hydrogen-bond acceptors (Lipinski definition) is 8. The van der Waals surface area contributed by atoms with Crippen molar-refractivity contribution in [2.75, 3.05) is 0 Å². The highest BCUT2D eigenvalue weighted by Crippen LogP contribution is 2.37. The molecule has 2 heterocycles. The van der Waals surface area contributed by atoms with Gasteiger partial charge in [-0.25, -0.2) is 0 Å². The van der Waals surface area contributed by atoms with E-state index in [-0.39, 0.29) is 42.4 Å². The van der Waals surface area contributed by atoms with Gasteiger partial charge >= 0.3 is 11.9 Å². The van der Waals surface area contributed by atoms with Crippen LogP contribution < -0.4 is 0 Å². The first-order valence-electron chi connectivity index (χ1n) is 14.3. The number of carbonyl (C=O) groups is 2. The minimum absolute atomic E-state index is 0.0131. The van der Waals surface area contributed by atoms with E-state index >= 15 is 0 Å². The maximum atomic E-state index is 12.8. The van der Waals surface area contributed by atoms with E-state index < -0.39 is 35.5 Å². The molecule has 0 amide bonds. The highest BCUT2D eigenvalue weighted by atomic mass is 16.6. The number of carbonyl (C=O) groups excluding carboxylic acids is 2. The van der Waals surface area contributed by atoms with Crippen LogP contribution in [-0.4, -0.2) is 69.0 Å². The fraction of sp³-hybridized carbons (Fsp3) is 0.742. The van der Waals surface area contributed by atoms with Crippen LogP contribution >= 0.6 is 0 Å². The molecule has 8 nitrogen and oxygen atoms in total. The molecular formula is C31H50O8. The van der Waals surface area contributed by atoms with E-state index in [1.807, 2.05) is 40.7 Å². The molecule has 0 aliphatic carbocycles. The number of epoxide rings is 1. The molecule has 1 saturated heterocycles. The van der Waals surface area contributed by atoms with Crippen molar-refractivity contribution >= 4 is 11.9 Å². The van der Waals surface area contributed by atoms with Crippen LogP contribution in [0, 0.1) is 17.8 Å². The Kier molecular flexibility index (Phi) is 12.0. The predicted octanol–water partition coefficient (Wildman–Crippen LogP) is 4.41. The number of ether oxygens (including phenoxy) is 3. The summed E-state index contributed by atoms with van der Waals surface area (Å²) in [5.74, 6) is -1.06. The van der Waals surface area contributed by atoms with Crippen LogP contribution in [0.4, 0.5) is 0 Å². The highest BCUT2D eigenvalue weighted by Gasteiger charge is 2.47. The van der Waals surface area contributed by atoms with Gasteiger partial charge in [0, 0.05) is 31.6 Å². The summed E-state index contributed by atoms with van der Waals surface area (Å²) in [6.07, 6.45) is 9.00. The van der Waals surface area contributed by atoms with E-state index in [1.165, 1.54) is 6.92 Å². The van der Waals surface area contributed by atoms with Gasteiger partial charge in [-0.15, -0.1) is 0 Å². The van der Waals surface area contributed by atoms with E-state index in [0.29, 0.717) is 25.7 Å².